The van der Waals surface area contributed by atoms with Gasteiger partial charge in [-0.2, -0.15) is 0 Å². The van der Waals surface area contributed by atoms with Crippen LogP contribution in [0.2, 0.25) is 0 Å². The molecular formula is C23H24N4O5S. The van der Waals surface area contributed by atoms with Crippen LogP contribution < -0.4 is 15.4 Å². The smallest absolute Gasteiger partial charge is 0.232 e. The number of benzene rings is 2. The number of aryl methyl sites for hydroxylation is 1. The molecule has 33 heavy (non-hydrogen) atoms. The minimum Gasteiger partial charge on any atom is -0.441 e. The summed E-state index contributed by atoms with van der Waals surface area (Å²) >= 11 is 0. The molecule has 10 heteroatoms. The lowest BCUT2D eigenvalue weighted by molar-refractivity contribution is -0.126. The van der Waals surface area contributed by atoms with Gasteiger partial charge in [-0.25, -0.2) is 13.4 Å². The van der Waals surface area contributed by atoms with Crippen molar-refractivity contribution >= 4 is 33.2 Å². The van der Waals surface area contributed by atoms with Crippen molar-refractivity contribution < 1.29 is 22.4 Å². The van der Waals surface area contributed by atoms with E-state index in [1.807, 2.05) is 12.1 Å². The second-order valence-corrected chi connectivity index (χ2v) is 9.69. The zero-order valence-electron chi connectivity index (χ0n) is 18.2. The first-order chi connectivity index (χ1) is 15.8. The number of para-hydroxylation sites is 2. The van der Waals surface area contributed by atoms with E-state index in [4.69, 9.17) is 4.42 Å². The van der Waals surface area contributed by atoms with Gasteiger partial charge in [0.1, 0.15) is 11.5 Å². The maximum atomic E-state index is 12.9. The molecule has 1 atom stereocenters. The number of oxazole rings is 1. The summed E-state index contributed by atoms with van der Waals surface area (Å²) in [6.45, 7) is 3.38. The molecule has 1 aliphatic heterocycles. The van der Waals surface area contributed by atoms with Gasteiger partial charge in [-0.1, -0.05) is 30.3 Å². The van der Waals surface area contributed by atoms with E-state index < -0.39 is 15.9 Å². The van der Waals surface area contributed by atoms with Crippen LogP contribution >= 0.6 is 0 Å². The average molecular weight is 469 g/mol. The van der Waals surface area contributed by atoms with Crippen LogP contribution in [0.4, 0.5) is 11.4 Å². The summed E-state index contributed by atoms with van der Waals surface area (Å²) in [4.78, 5) is 29.4. The Morgan fingerprint density at radius 1 is 1.18 bits per heavy atom. The highest BCUT2D eigenvalue weighted by Crippen LogP contribution is 2.32. The Hall–Kier alpha value is -3.66. The predicted molar refractivity (Wildman–Crippen MR) is 124 cm³/mol. The van der Waals surface area contributed by atoms with Crippen molar-refractivity contribution in [1.29, 1.82) is 0 Å². The fraction of sp³-hybridized carbons (Fsp3) is 0.261. The Morgan fingerprint density at radius 3 is 2.70 bits per heavy atom. The van der Waals surface area contributed by atoms with Crippen molar-refractivity contribution in [3.8, 4) is 11.5 Å². The lowest BCUT2D eigenvalue weighted by Gasteiger charge is -2.24. The number of carbonyl (C=O) groups is 2. The quantitative estimate of drug-likeness (QED) is 0.488. The van der Waals surface area contributed by atoms with Gasteiger partial charge in [-0.15, -0.1) is 0 Å². The molecule has 2 heterocycles. The standard InChI is InChI=1S/C23H24N4O5S/c1-3-33(30,31)27-19-11-7-5-9-16(19)23-26-20(14(2)32-23)13-24-22(29)17-12-21(28)25-18-10-6-4-8-15(17)18/h4-11,17,27H,3,12-13H2,1-2H3,(H,24,29)(H,25,28). The average Bonchev–Trinajstić information content (AvgIpc) is 3.17. The first-order valence-electron chi connectivity index (χ1n) is 10.5. The van der Waals surface area contributed by atoms with E-state index >= 15 is 0 Å². The van der Waals surface area contributed by atoms with Gasteiger partial charge < -0.3 is 15.1 Å². The molecule has 1 unspecified atom stereocenters. The predicted octanol–water partition coefficient (Wildman–Crippen LogP) is 3.15. The topological polar surface area (TPSA) is 130 Å². The molecular weight excluding hydrogens is 444 g/mol. The number of fused-ring (bicyclic) bond motifs is 1. The second-order valence-electron chi connectivity index (χ2n) is 7.68. The minimum atomic E-state index is -3.48. The largest absolute Gasteiger partial charge is 0.441 e. The first kappa shape index (κ1) is 22.5. The van der Waals surface area contributed by atoms with Crippen molar-refractivity contribution in [1.82, 2.24) is 10.3 Å². The van der Waals surface area contributed by atoms with Crippen LogP contribution in [-0.2, 0) is 26.2 Å². The summed E-state index contributed by atoms with van der Waals surface area (Å²) < 4.78 is 32.4. The molecule has 0 spiro atoms. The maximum absolute atomic E-state index is 12.9. The Bertz CT molecular complexity index is 1320. The molecule has 9 nitrogen and oxygen atoms in total. The van der Waals surface area contributed by atoms with Crippen LogP contribution in [0.3, 0.4) is 0 Å². The summed E-state index contributed by atoms with van der Waals surface area (Å²) in [7, 11) is -3.48. The minimum absolute atomic E-state index is 0.0639. The van der Waals surface area contributed by atoms with E-state index in [9.17, 15) is 18.0 Å². The highest BCUT2D eigenvalue weighted by atomic mass is 32.2. The molecule has 3 N–H and O–H groups in total. The van der Waals surface area contributed by atoms with Gasteiger partial charge >= 0.3 is 0 Å². The van der Waals surface area contributed by atoms with Gasteiger partial charge in [-0.05, 0) is 37.6 Å². The van der Waals surface area contributed by atoms with E-state index in [1.165, 1.54) is 0 Å². The number of anilines is 2. The van der Waals surface area contributed by atoms with Crippen molar-refractivity contribution in [2.24, 2.45) is 0 Å². The fourth-order valence-corrected chi connectivity index (χ4v) is 4.30. The Kier molecular flexibility index (Phi) is 6.19. The summed E-state index contributed by atoms with van der Waals surface area (Å²) in [6.07, 6.45) is 0.0663. The zero-order chi connectivity index (χ0) is 23.6. The van der Waals surface area contributed by atoms with E-state index in [0.29, 0.717) is 28.4 Å². The third kappa shape index (κ3) is 4.90. The number of sulfonamides is 1. The summed E-state index contributed by atoms with van der Waals surface area (Å²) in [5, 5.41) is 5.62. The number of carbonyl (C=O) groups excluding carboxylic acids is 2. The van der Waals surface area contributed by atoms with Gasteiger partial charge in [0.25, 0.3) is 0 Å². The van der Waals surface area contributed by atoms with E-state index in [0.717, 1.165) is 5.56 Å². The van der Waals surface area contributed by atoms with Gasteiger partial charge in [0.05, 0.1) is 29.5 Å². The van der Waals surface area contributed by atoms with Crippen LogP contribution in [0.15, 0.2) is 52.9 Å². The van der Waals surface area contributed by atoms with Crippen molar-refractivity contribution in [2.45, 2.75) is 32.7 Å². The molecule has 0 saturated heterocycles. The molecule has 3 aromatic rings. The van der Waals surface area contributed by atoms with E-state index in [-0.39, 0.29) is 36.4 Å². The van der Waals surface area contributed by atoms with Crippen LogP contribution in [0, 0.1) is 6.92 Å². The molecule has 1 aliphatic rings. The van der Waals surface area contributed by atoms with Crippen LogP contribution in [-0.4, -0.2) is 31.0 Å². The number of hydrogen-bond donors (Lipinski definition) is 3. The maximum Gasteiger partial charge on any atom is 0.232 e. The van der Waals surface area contributed by atoms with Gasteiger partial charge in [0.15, 0.2) is 0 Å². The van der Waals surface area contributed by atoms with Crippen LogP contribution in [0.25, 0.3) is 11.5 Å². The molecule has 2 aromatic carbocycles. The summed E-state index contributed by atoms with van der Waals surface area (Å²) in [5.74, 6) is -0.400. The zero-order valence-corrected chi connectivity index (χ0v) is 19.0. The first-order valence-corrected chi connectivity index (χ1v) is 12.2. The summed E-state index contributed by atoms with van der Waals surface area (Å²) in [5.41, 5.74) is 2.78. The Morgan fingerprint density at radius 2 is 1.91 bits per heavy atom. The summed E-state index contributed by atoms with van der Waals surface area (Å²) in [6, 6.07) is 14.0. The molecule has 0 saturated carbocycles. The van der Waals surface area contributed by atoms with Crippen molar-refractivity contribution in [3.05, 3.63) is 65.5 Å². The highest BCUT2D eigenvalue weighted by Gasteiger charge is 2.30. The monoisotopic (exact) mass is 468 g/mol. The SMILES string of the molecule is CCS(=O)(=O)Nc1ccccc1-c1nc(CNC(=O)C2CC(=O)Nc3ccccc32)c(C)o1. The van der Waals surface area contributed by atoms with Crippen LogP contribution in [0.5, 0.6) is 0 Å². The number of rotatable bonds is 7. The molecule has 0 radical (unpaired) electrons. The van der Waals surface area contributed by atoms with E-state index in [2.05, 4.69) is 20.3 Å². The Labute approximate surface area is 191 Å². The normalized spacial score (nSPS) is 15.5. The van der Waals surface area contributed by atoms with Gasteiger partial charge in [0, 0.05) is 12.1 Å². The van der Waals surface area contributed by atoms with Crippen molar-refractivity contribution in [2.75, 3.05) is 15.8 Å². The van der Waals surface area contributed by atoms with E-state index in [1.54, 1.807) is 50.2 Å². The third-order valence-corrected chi connectivity index (χ3v) is 6.73. The third-order valence-electron chi connectivity index (χ3n) is 5.44. The molecule has 1 aromatic heterocycles. The molecule has 0 aliphatic carbocycles. The number of hydrogen-bond acceptors (Lipinski definition) is 6. The molecule has 172 valence electrons. The lowest BCUT2D eigenvalue weighted by atomic mass is 9.90. The van der Waals surface area contributed by atoms with Crippen LogP contribution in [0.1, 0.15) is 36.3 Å². The molecule has 0 fully saturated rings. The number of amides is 2. The highest BCUT2D eigenvalue weighted by molar-refractivity contribution is 7.92. The van der Waals surface area contributed by atoms with Crippen molar-refractivity contribution in [3.63, 3.8) is 0 Å². The lowest BCUT2D eigenvalue weighted by Crippen LogP contribution is -2.34. The molecule has 2 amide bonds. The number of nitrogens with zero attached hydrogens (tertiary/aromatic N) is 1. The fourth-order valence-electron chi connectivity index (χ4n) is 3.64. The number of aromatic nitrogens is 1. The second kappa shape index (κ2) is 9.07. The molecule has 0 bridgehead atoms. The Balaban J connectivity index is 1.52. The number of nitrogens with one attached hydrogen (secondary N) is 3. The van der Waals surface area contributed by atoms with Gasteiger partial charge in [-0.3, -0.25) is 14.3 Å². The van der Waals surface area contributed by atoms with Gasteiger partial charge in [0.2, 0.25) is 27.7 Å². The molecule has 4 rings (SSSR count).